The fourth-order valence-corrected chi connectivity index (χ4v) is 3.30. The summed E-state index contributed by atoms with van der Waals surface area (Å²) < 4.78 is 39.0. The van der Waals surface area contributed by atoms with Gasteiger partial charge in [0.05, 0.1) is 10.6 Å². The lowest BCUT2D eigenvalue weighted by Gasteiger charge is -2.36. The van der Waals surface area contributed by atoms with Crippen LogP contribution in [0.15, 0.2) is 18.2 Å². The molecule has 1 aromatic rings. The number of benzene rings is 1. The van der Waals surface area contributed by atoms with Gasteiger partial charge in [0.15, 0.2) is 0 Å². The van der Waals surface area contributed by atoms with Crippen molar-refractivity contribution in [1.82, 2.24) is 10.2 Å². The van der Waals surface area contributed by atoms with Crippen molar-refractivity contribution in [2.45, 2.75) is 44.4 Å². The van der Waals surface area contributed by atoms with E-state index in [1.807, 2.05) is 0 Å². The molecular formula is C17H23ClF3N3O. The van der Waals surface area contributed by atoms with Gasteiger partial charge in [-0.15, -0.1) is 0 Å². The van der Waals surface area contributed by atoms with E-state index < -0.39 is 11.7 Å². The predicted octanol–water partition coefficient (Wildman–Crippen LogP) is 3.18. The fraction of sp³-hybridized carbons (Fsp3) is 0.588. The highest BCUT2D eigenvalue weighted by Gasteiger charge is 2.33. The van der Waals surface area contributed by atoms with Gasteiger partial charge in [-0.1, -0.05) is 24.1 Å². The number of halogens is 4. The molecule has 0 radical (unpaired) electrons. The molecule has 2 rings (SSSR count). The van der Waals surface area contributed by atoms with Crippen LogP contribution in [0.2, 0.25) is 5.02 Å². The second kappa shape index (κ2) is 8.87. The second-order valence-electron chi connectivity index (χ2n) is 6.27. The molecule has 1 unspecified atom stereocenters. The van der Waals surface area contributed by atoms with Gasteiger partial charge in [-0.3, -0.25) is 9.69 Å². The van der Waals surface area contributed by atoms with Crippen LogP contribution in [0.25, 0.3) is 0 Å². The number of nitrogens with two attached hydrogens (primary N) is 1. The van der Waals surface area contributed by atoms with Crippen LogP contribution in [0.4, 0.5) is 13.2 Å². The Bertz CT molecular complexity index is 595. The lowest BCUT2D eigenvalue weighted by atomic mass is 10.0. The SMILES string of the molecule is NCCC(=O)NCC1CCCCN1Cc1ccc(Cl)c(C(F)(F)F)c1. The number of rotatable bonds is 6. The number of hydrogen-bond donors (Lipinski definition) is 2. The summed E-state index contributed by atoms with van der Waals surface area (Å²) in [7, 11) is 0. The third kappa shape index (κ3) is 5.87. The highest BCUT2D eigenvalue weighted by atomic mass is 35.5. The van der Waals surface area contributed by atoms with Gasteiger partial charge in [0.25, 0.3) is 0 Å². The molecule has 1 aliphatic heterocycles. The molecular weight excluding hydrogens is 355 g/mol. The number of carbonyl (C=O) groups excluding carboxylic acids is 1. The van der Waals surface area contributed by atoms with Gasteiger partial charge < -0.3 is 11.1 Å². The van der Waals surface area contributed by atoms with Crippen molar-refractivity contribution >= 4 is 17.5 Å². The summed E-state index contributed by atoms with van der Waals surface area (Å²) in [6, 6.07) is 4.14. The Hall–Kier alpha value is -1.31. The van der Waals surface area contributed by atoms with Crippen LogP contribution in [0.3, 0.4) is 0 Å². The van der Waals surface area contributed by atoms with Crippen molar-refractivity contribution < 1.29 is 18.0 Å². The van der Waals surface area contributed by atoms with Crippen molar-refractivity contribution in [3.05, 3.63) is 34.3 Å². The summed E-state index contributed by atoms with van der Waals surface area (Å²) in [6.07, 6.45) is -1.25. The van der Waals surface area contributed by atoms with E-state index in [1.54, 1.807) is 6.07 Å². The lowest BCUT2D eigenvalue weighted by Crippen LogP contribution is -2.46. The van der Waals surface area contributed by atoms with Crippen molar-refractivity contribution in [2.24, 2.45) is 5.73 Å². The molecule has 3 N–H and O–H groups in total. The minimum absolute atomic E-state index is 0.0983. The van der Waals surface area contributed by atoms with Crippen LogP contribution in [0.5, 0.6) is 0 Å². The highest BCUT2D eigenvalue weighted by molar-refractivity contribution is 6.31. The number of amides is 1. The molecule has 1 aliphatic rings. The zero-order chi connectivity index (χ0) is 18.4. The van der Waals surface area contributed by atoms with E-state index in [0.29, 0.717) is 25.2 Å². The number of nitrogens with one attached hydrogen (secondary N) is 1. The molecule has 1 amide bonds. The molecule has 1 heterocycles. The Morgan fingerprint density at radius 2 is 2.12 bits per heavy atom. The zero-order valence-corrected chi connectivity index (χ0v) is 14.7. The van der Waals surface area contributed by atoms with Crippen molar-refractivity contribution in [3.63, 3.8) is 0 Å². The first-order chi connectivity index (χ1) is 11.8. The fourth-order valence-electron chi connectivity index (χ4n) is 3.07. The number of carbonyl (C=O) groups is 1. The van der Waals surface area contributed by atoms with Gasteiger partial charge >= 0.3 is 6.18 Å². The minimum Gasteiger partial charge on any atom is -0.354 e. The van der Waals surface area contributed by atoms with E-state index in [2.05, 4.69) is 10.2 Å². The monoisotopic (exact) mass is 377 g/mol. The first kappa shape index (κ1) is 20.0. The van der Waals surface area contributed by atoms with Gasteiger partial charge in [-0.2, -0.15) is 13.2 Å². The van der Waals surface area contributed by atoms with Gasteiger partial charge in [0.2, 0.25) is 5.91 Å². The van der Waals surface area contributed by atoms with E-state index in [-0.39, 0.29) is 23.4 Å². The molecule has 8 heteroatoms. The minimum atomic E-state index is -4.47. The van der Waals surface area contributed by atoms with E-state index in [1.165, 1.54) is 6.07 Å². The number of piperidine rings is 1. The van der Waals surface area contributed by atoms with Crippen molar-refractivity contribution in [2.75, 3.05) is 19.6 Å². The standard InChI is InChI=1S/C17H23ClF3N3O/c18-15-5-4-12(9-14(15)17(19,20)21)11-24-8-2-1-3-13(24)10-23-16(25)6-7-22/h4-5,9,13H,1-3,6-8,10-11,22H2,(H,23,25). The normalized spacial score (nSPS) is 19.0. The predicted molar refractivity (Wildman–Crippen MR) is 91.2 cm³/mol. The molecule has 0 spiro atoms. The molecule has 1 fully saturated rings. The maximum absolute atomic E-state index is 13.0. The van der Waals surface area contributed by atoms with Crippen molar-refractivity contribution in [3.8, 4) is 0 Å². The van der Waals surface area contributed by atoms with Gasteiger partial charge in [0.1, 0.15) is 0 Å². The molecule has 1 saturated heterocycles. The summed E-state index contributed by atoms with van der Waals surface area (Å²) in [6.45, 7) is 1.98. The second-order valence-corrected chi connectivity index (χ2v) is 6.68. The van der Waals surface area contributed by atoms with Crippen LogP contribution < -0.4 is 11.1 Å². The molecule has 0 saturated carbocycles. The number of alkyl halides is 3. The van der Waals surface area contributed by atoms with Gasteiger partial charge in [-0.25, -0.2) is 0 Å². The van der Waals surface area contributed by atoms with Crippen LogP contribution in [-0.4, -0.2) is 36.5 Å². The summed E-state index contributed by atoms with van der Waals surface area (Å²) in [5.41, 5.74) is 5.11. The quantitative estimate of drug-likeness (QED) is 0.800. The first-order valence-corrected chi connectivity index (χ1v) is 8.75. The first-order valence-electron chi connectivity index (χ1n) is 8.37. The maximum atomic E-state index is 13.0. The maximum Gasteiger partial charge on any atom is 0.417 e. The molecule has 0 bridgehead atoms. The molecule has 4 nitrogen and oxygen atoms in total. The number of nitrogens with zero attached hydrogens (tertiary/aromatic N) is 1. The molecule has 0 aromatic heterocycles. The Morgan fingerprint density at radius 1 is 1.36 bits per heavy atom. The van der Waals surface area contributed by atoms with E-state index in [4.69, 9.17) is 17.3 Å². The largest absolute Gasteiger partial charge is 0.417 e. The van der Waals surface area contributed by atoms with E-state index >= 15 is 0 Å². The topological polar surface area (TPSA) is 58.4 Å². The van der Waals surface area contributed by atoms with Gasteiger partial charge in [-0.05, 0) is 37.1 Å². The van der Waals surface area contributed by atoms with Crippen molar-refractivity contribution in [1.29, 1.82) is 0 Å². The molecule has 0 aliphatic carbocycles. The van der Waals surface area contributed by atoms with E-state index in [9.17, 15) is 18.0 Å². The number of hydrogen-bond acceptors (Lipinski definition) is 3. The van der Waals surface area contributed by atoms with Crippen LogP contribution in [0, 0.1) is 0 Å². The molecule has 1 aromatic carbocycles. The summed E-state index contributed by atoms with van der Waals surface area (Å²) in [5, 5.41) is 2.56. The summed E-state index contributed by atoms with van der Waals surface area (Å²) in [4.78, 5) is 13.7. The Labute approximate surface area is 150 Å². The van der Waals surface area contributed by atoms with Crippen LogP contribution in [-0.2, 0) is 17.5 Å². The molecule has 25 heavy (non-hydrogen) atoms. The van der Waals surface area contributed by atoms with Crippen LogP contribution >= 0.6 is 11.6 Å². The van der Waals surface area contributed by atoms with E-state index in [0.717, 1.165) is 31.9 Å². The number of likely N-dealkylation sites (tertiary alicyclic amines) is 1. The van der Waals surface area contributed by atoms with Crippen LogP contribution in [0.1, 0.15) is 36.8 Å². The highest BCUT2D eigenvalue weighted by Crippen LogP contribution is 2.35. The Kier molecular flexibility index (Phi) is 7.10. The average Bonchev–Trinajstić information content (AvgIpc) is 2.55. The average molecular weight is 378 g/mol. The third-order valence-corrected chi connectivity index (χ3v) is 4.71. The summed E-state index contributed by atoms with van der Waals surface area (Å²) in [5.74, 6) is -0.0983. The zero-order valence-electron chi connectivity index (χ0n) is 13.9. The third-order valence-electron chi connectivity index (χ3n) is 4.38. The smallest absolute Gasteiger partial charge is 0.354 e. The summed E-state index contributed by atoms with van der Waals surface area (Å²) >= 11 is 5.68. The Morgan fingerprint density at radius 3 is 2.80 bits per heavy atom. The molecule has 1 atom stereocenters. The molecule has 140 valence electrons. The lowest BCUT2D eigenvalue weighted by molar-refractivity contribution is -0.137. The Balaban J connectivity index is 2.04. The van der Waals surface area contributed by atoms with Gasteiger partial charge in [0, 0.05) is 32.1 Å².